The standard InChI is InChI=1S/C24H18N8O2/c1-12-26-10-17(32(12)2)14-4-5-16-22(27-14)23(31-30-16)24-28-15-7-8-25-20(21(15)29-24)13-3-6-18-19(9-13)34-11-33-18/h3-10H,11H2,1-2H3,(H,28,29)(H,30,31). The van der Waals surface area contributed by atoms with Gasteiger partial charge in [0.15, 0.2) is 23.0 Å². The predicted molar refractivity (Wildman–Crippen MR) is 125 cm³/mol. The van der Waals surface area contributed by atoms with Crippen LogP contribution in [0.4, 0.5) is 0 Å². The molecule has 0 amide bonds. The normalized spacial score (nSPS) is 12.8. The Morgan fingerprint density at radius 2 is 1.79 bits per heavy atom. The number of fused-ring (bicyclic) bond motifs is 3. The van der Waals surface area contributed by atoms with Gasteiger partial charge in [0.05, 0.1) is 34.3 Å². The molecule has 6 heterocycles. The number of H-pyrrole nitrogens is 2. The molecule has 6 aromatic rings. The Bertz CT molecular complexity index is 1730. The van der Waals surface area contributed by atoms with Crippen LogP contribution < -0.4 is 9.47 Å². The third-order valence-electron chi connectivity index (χ3n) is 6.16. The largest absolute Gasteiger partial charge is 0.454 e. The van der Waals surface area contributed by atoms with E-state index < -0.39 is 0 Å². The van der Waals surface area contributed by atoms with Crippen molar-refractivity contribution in [3.8, 4) is 45.7 Å². The molecule has 7 rings (SSSR count). The number of benzene rings is 1. The van der Waals surface area contributed by atoms with E-state index in [4.69, 9.17) is 19.4 Å². The molecule has 10 heteroatoms. The summed E-state index contributed by atoms with van der Waals surface area (Å²) in [7, 11) is 1.98. The fraction of sp³-hybridized carbons (Fsp3) is 0.125. The summed E-state index contributed by atoms with van der Waals surface area (Å²) in [4.78, 5) is 22.1. The van der Waals surface area contributed by atoms with Crippen molar-refractivity contribution in [2.75, 3.05) is 6.79 Å². The minimum Gasteiger partial charge on any atom is -0.454 e. The Hall–Kier alpha value is -4.73. The molecule has 0 bridgehead atoms. The summed E-state index contributed by atoms with van der Waals surface area (Å²) in [5.41, 5.74) is 7.19. The Balaban J connectivity index is 1.37. The van der Waals surface area contributed by atoms with E-state index in [0.29, 0.717) is 17.3 Å². The van der Waals surface area contributed by atoms with Gasteiger partial charge in [-0.3, -0.25) is 10.1 Å². The lowest BCUT2D eigenvalue weighted by Crippen LogP contribution is -1.96. The average molecular weight is 450 g/mol. The Labute approximate surface area is 192 Å². The molecule has 10 nitrogen and oxygen atoms in total. The van der Waals surface area contributed by atoms with E-state index in [2.05, 4.69) is 25.1 Å². The first kappa shape index (κ1) is 18.8. The zero-order valence-electron chi connectivity index (χ0n) is 18.3. The van der Waals surface area contributed by atoms with E-state index in [9.17, 15) is 0 Å². The highest BCUT2D eigenvalue weighted by Gasteiger charge is 2.20. The monoisotopic (exact) mass is 450 g/mol. The zero-order valence-corrected chi connectivity index (χ0v) is 18.3. The van der Waals surface area contributed by atoms with Crippen LogP contribution in [0, 0.1) is 6.92 Å². The van der Waals surface area contributed by atoms with Gasteiger partial charge in [0.1, 0.15) is 16.9 Å². The van der Waals surface area contributed by atoms with E-state index in [1.54, 1.807) is 6.20 Å². The molecular weight excluding hydrogens is 432 g/mol. The number of rotatable bonds is 3. The van der Waals surface area contributed by atoms with Gasteiger partial charge in [0.2, 0.25) is 6.79 Å². The molecule has 0 aliphatic carbocycles. The van der Waals surface area contributed by atoms with Crippen LogP contribution in [0.2, 0.25) is 0 Å². The van der Waals surface area contributed by atoms with Crippen LogP contribution in [0.3, 0.4) is 0 Å². The van der Waals surface area contributed by atoms with Crippen LogP contribution in [0.25, 0.3) is 56.2 Å². The van der Waals surface area contributed by atoms with Crippen molar-refractivity contribution in [1.29, 1.82) is 0 Å². The minimum absolute atomic E-state index is 0.225. The van der Waals surface area contributed by atoms with E-state index in [1.807, 2.05) is 61.1 Å². The van der Waals surface area contributed by atoms with Crippen LogP contribution in [0.5, 0.6) is 11.5 Å². The minimum atomic E-state index is 0.225. The number of nitrogens with zero attached hydrogens (tertiary/aromatic N) is 6. The second kappa shape index (κ2) is 6.88. The Kier molecular flexibility index (Phi) is 3.81. The number of ether oxygens (including phenoxy) is 2. The second-order valence-corrected chi connectivity index (χ2v) is 8.12. The molecule has 1 aliphatic heterocycles. The molecule has 0 fully saturated rings. The fourth-order valence-electron chi connectivity index (χ4n) is 4.25. The number of hydrogen-bond donors (Lipinski definition) is 2. The number of aromatic amines is 2. The summed E-state index contributed by atoms with van der Waals surface area (Å²) >= 11 is 0. The number of pyridine rings is 2. The predicted octanol–water partition coefficient (Wildman–Crippen LogP) is 4.00. The van der Waals surface area contributed by atoms with E-state index >= 15 is 0 Å². The highest BCUT2D eigenvalue weighted by atomic mass is 16.7. The van der Waals surface area contributed by atoms with Gasteiger partial charge >= 0.3 is 0 Å². The highest BCUT2D eigenvalue weighted by Crippen LogP contribution is 2.37. The molecule has 0 unspecified atom stereocenters. The van der Waals surface area contributed by atoms with Gasteiger partial charge in [0, 0.05) is 18.8 Å². The first-order valence-corrected chi connectivity index (χ1v) is 10.7. The van der Waals surface area contributed by atoms with Crippen molar-refractivity contribution in [2.45, 2.75) is 6.92 Å². The lowest BCUT2D eigenvalue weighted by atomic mass is 10.1. The van der Waals surface area contributed by atoms with Gasteiger partial charge < -0.3 is 19.0 Å². The molecule has 5 aromatic heterocycles. The van der Waals surface area contributed by atoms with Crippen LogP contribution >= 0.6 is 0 Å². The lowest BCUT2D eigenvalue weighted by molar-refractivity contribution is 0.174. The first-order valence-electron chi connectivity index (χ1n) is 10.7. The summed E-state index contributed by atoms with van der Waals surface area (Å²) in [6.07, 6.45) is 3.59. The maximum absolute atomic E-state index is 5.54. The summed E-state index contributed by atoms with van der Waals surface area (Å²) in [5, 5.41) is 7.58. The summed E-state index contributed by atoms with van der Waals surface area (Å²) < 4.78 is 13.0. The Morgan fingerprint density at radius 1 is 0.912 bits per heavy atom. The van der Waals surface area contributed by atoms with Crippen molar-refractivity contribution < 1.29 is 9.47 Å². The second-order valence-electron chi connectivity index (χ2n) is 8.12. The fourth-order valence-corrected chi connectivity index (χ4v) is 4.25. The molecule has 0 atom stereocenters. The summed E-state index contributed by atoms with van der Waals surface area (Å²) in [6, 6.07) is 11.6. The number of aromatic nitrogens is 8. The molecule has 0 saturated heterocycles. The maximum atomic E-state index is 5.54. The van der Waals surface area contributed by atoms with Crippen LogP contribution in [-0.4, -0.2) is 46.5 Å². The van der Waals surface area contributed by atoms with Crippen LogP contribution in [0.1, 0.15) is 5.82 Å². The van der Waals surface area contributed by atoms with Crippen molar-refractivity contribution in [2.24, 2.45) is 7.05 Å². The highest BCUT2D eigenvalue weighted by molar-refractivity contribution is 5.95. The molecule has 1 aromatic carbocycles. The van der Waals surface area contributed by atoms with E-state index in [0.717, 1.165) is 56.3 Å². The zero-order chi connectivity index (χ0) is 22.8. The van der Waals surface area contributed by atoms with Crippen molar-refractivity contribution in [3.05, 3.63) is 54.6 Å². The van der Waals surface area contributed by atoms with Gasteiger partial charge in [0.25, 0.3) is 0 Å². The van der Waals surface area contributed by atoms with Crippen LogP contribution in [-0.2, 0) is 7.05 Å². The molecule has 0 saturated carbocycles. The van der Waals surface area contributed by atoms with E-state index in [1.165, 1.54) is 0 Å². The number of hydrogen-bond acceptors (Lipinski definition) is 7. The van der Waals surface area contributed by atoms with Crippen molar-refractivity contribution in [1.82, 2.24) is 39.7 Å². The third kappa shape index (κ3) is 2.71. The van der Waals surface area contributed by atoms with Gasteiger partial charge in [-0.15, -0.1) is 0 Å². The first-order chi connectivity index (χ1) is 16.7. The van der Waals surface area contributed by atoms with E-state index in [-0.39, 0.29) is 6.79 Å². The van der Waals surface area contributed by atoms with Gasteiger partial charge in [-0.1, -0.05) is 0 Å². The molecule has 1 aliphatic rings. The van der Waals surface area contributed by atoms with Gasteiger partial charge in [-0.25, -0.2) is 15.0 Å². The van der Waals surface area contributed by atoms with Gasteiger partial charge in [-0.2, -0.15) is 5.10 Å². The van der Waals surface area contributed by atoms with Crippen molar-refractivity contribution >= 4 is 22.1 Å². The third-order valence-corrected chi connectivity index (χ3v) is 6.16. The maximum Gasteiger partial charge on any atom is 0.231 e. The smallest absolute Gasteiger partial charge is 0.231 e. The quantitative estimate of drug-likeness (QED) is 0.418. The number of nitrogens with one attached hydrogen (secondary N) is 2. The molecule has 34 heavy (non-hydrogen) atoms. The van der Waals surface area contributed by atoms with Crippen LogP contribution in [0.15, 0.2) is 48.8 Å². The lowest BCUT2D eigenvalue weighted by Gasteiger charge is -2.03. The van der Waals surface area contributed by atoms with Crippen molar-refractivity contribution in [3.63, 3.8) is 0 Å². The number of imidazole rings is 2. The summed E-state index contributed by atoms with van der Waals surface area (Å²) in [6.45, 7) is 2.19. The molecule has 0 radical (unpaired) electrons. The molecule has 0 spiro atoms. The molecular formula is C24H18N8O2. The Morgan fingerprint density at radius 3 is 2.68 bits per heavy atom. The van der Waals surface area contributed by atoms with Gasteiger partial charge in [-0.05, 0) is 43.3 Å². The topological polar surface area (TPSA) is 119 Å². The molecule has 166 valence electrons. The molecule has 2 N–H and O–H groups in total. The average Bonchev–Trinajstić information content (AvgIpc) is 3.64. The summed E-state index contributed by atoms with van der Waals surface area (Å²) in [5.74, 6) is 2.96. The number of aryl methyl sites for hydroxylation is 1. The SMILES string of the molecule is Cc1ncc(-c2ccc3[nH]nc(-c4nc5c(-c6ccc7c(c6)OCO7)nccc5[nH]4)c3n2)n1C.